The SMILES string of the molecule is CP(CCP(C)C(C)(C)CC(C)(C)C)C(C)(C)CC(C)(C)C. The van der Waals surface area contributed by atoms with Gasteiger partial charge in [-0.25, -0.2) is 0 Å². The lowest BCUT2D eigenvalue weighted by molar-refractivity contribution is 0.335. The van der Waals surface area contributed by atoms with Gasteiger partial charge in [-0.2, -0.15) is 0 Å². The van der Waals surface area contributed by atoms with E-state index in [1.807, 2.05) is 0 Å². The van der Waals surface area contributed by atoms with Crippen LogP contribution in [-0.4, -0.2) is 36.0 Å². The first-order valence-corrected chi connectivity index (χ1v) is 12.8. The molecule has 0 aromatic heterocycles. The molecule has 0 bridgehead atoms. The van der Waals surface area contributed by atoms with E-state index >= 15 is 0 Å². The average Bonchev–Trinajstić information content (AvgIpc) is 2.17. The van der Waals surface area contributed by atoms with E-state index in [0.29, 0.717) is 21.1 Å². The standard InChI is InChI=1S/C20H44P2/c1-17(2,3)15-19(7,8)21(11)13-14-22(12)20(9,10)16-18(4,5)6/h13-16H2,1-12H3. The predicted molar refractivity (Wildman–Crippen MR) is 112 cm³/mol. The van der Waals surface area contributed by atoms with Gasteiger partial charge in [0, 0.05) is 0 Å². The molecule has 0 rings (SSSR count). The van der Waals surface area contributed by atoms with E-state index < -0.39 is 0 Å². The Morgan fingerprint density at radius 2 is 0.727 bits per heavy atom. The zero-order valence-electron chi connectivity index (χ0n) is 17.7. The Labute approximate surface area is 145 Å². The van der Waals surface area contributed by atoms with Gasteiger partial charge >= 0.3 is 0 Å². The van der Waals surface area contributed by atoms with Crippen LogP contribution < -0.4 is 0 Å². The monoisotopic (exact) mass is 346 g/mol. The summed E-state index contributed by atoms with van der Waals surface area (Å²) in [4.78, 5) is 0. The molecule has 0 aliphatic rings. The minimum Gasteiger partial charge on any atom is -0.104 e. The highest BCUT2D eigenvalue weighted by molar-refractivity contribution is 7.62. The first kappa shape index (κ1) is 22.9. The maximum Gasteiger partial charge on any atom is -0.0148 e. The predicted octanol–water partition coefficient (Wildman–Crippen LogP) is 7.64. The third-order valence-corrected chi connectivity index (χ3v) is 11.4. The molecule has 2 atom stereocenters. The Morgan fingerprint density at radius 3 is 0.909 bits per heavy atom. The summed E-state index contributed by atoms with van der Waals surface area (Å²) < 4.78 is 0. The van der Waals surface area contributed by atoms with E-state index in [4.69, 9.17) is 0 Å². The van der Waals surface area contributed by atoms with Crippen LogP contribution >= 0.6 is 15.8 Å². The molecular weight excluding hydrogens is 302 g/mol. The van der Waals surface area contributed by atoms with Crippen molar-refractivity contribution in [3.05, 3.63) is 0 Å². The number of rotatable bonds is 7. The van der Waals surface area contributed by atoms with Crippen molar-refractivity contribution in [2.24, 2.45) is 10.8 Å². The summed E-state index contributed by atoms with van der Waals surface area (Å²) in [5.74, 6) is 0. The molecule has 2 unspecified atom stereocenters. The minimum absolute atomic E-state index is 0.115. The van der Waals surface area contributed by atoms with E-state index in [1.54, 1.807) is 0 Å². The van der Waals surface area contributed by atoms with E-state index in [9.17, 15) is 0 Å². The largest absolute Gasteiger partial charge is 0.104 e. The highest BCUT2D eigenvalue weighted by Gasteiger charge is 2.33. The molecule has 0 aromatic rings. The van der Waals surface area contributed by atoms with E-state index in [2.05, 4.69) is 82.6 Å². The van der Waals surface area contributed by atoms with Crippen LogP contribution in [0.5, 0.6) is 0 Å². The van der Waals surface area contributed by atoms with Crippen molar-refractivity contribution in [1.29, 1.82) is 0 Å². The molecule has 0 fully saturated rings. The quantitative estimate of drug-likeness (QED) is 0.415. The van der Waals surface area contributed by atoms with E-state index in [-0.39, 0.29) is 15.8 Å². The molecule has 0 radical (unpaired) electrons. The summed E-state index contributed by atoms with van der Waals surface area (Å²) >= 11 is 0. The molecule has 0 heterocycles. The van der Waals surface area contributed by atoms with Gasteiger partial charge in [-0.15, -0.1) is 15.8 Å². The Morgan fingerprint density at radius 1 is 0.500 bits per heavy atom. The van der Waals surface area contributed by atoms with Crippen LogP contribution in [0.4, 0.5) is 0 Å². The molecule has 0 aromatic carbocycles. The molecule has 134 valence electrons. The Kier molecular flexibility index (Phi) is 8.13. The average molecular weight is 347 g/mol. The zero-order valence-corrected chi connectivity index (χ0v) is 19.5. The first-order valence-electron chi connectivity index (χ1n) is 8.89. The lowest BCUT2D eigenvalue weighted by atomic mass is 9.86. The van der Waals surface area contributed by atoms with Gasteiger partial charge in [-0.1, -0.05) is 69.2 Å². The summed E-state index contributed by atoms with van der Waals surface area (Å²) in [7, 11) is 0.231. The second kappa shape index (κ2) is 7.83. The maximum absolute atomic E-state index is 2.54. The molecule has 0 saturated heterocycles. The first-order chi connectivity index (χ1) is 9.46. The maximum atomic E-state index is 2.54. The molecule has 0 amide bonds. The molecule has 0 spiro atoms. The second-order valence-corrected chi connectivity index (χ2v) is 17.1. The Hall–Kier alpha value is 0.860. The van der Waals surface area contributed by atoms with Gasteiger partial charge in [0.05, 0.1) is 0 Å². The van der Waals surface area contributed by atoms with E-state index in [0.717, 1.165) is 0 Å². The van der Waals surface area contributed by atoms with Crippen LogP contribution in [0.3, 0.4) is 0 Å². The van der Waals surface area contributed by atoms with Crippen molar-refractivity contribution in [1.82, 2.24) is 0 Å². The van der Waals surface area contributed by atoms with Crippen molar-refractivity contribution < 1.29 is 0 Å². The Balaban J connectivity index is 4.60. The molecule has 2 heteroatoms. The summed E-state index contributed by atoms with van der Waals surface area (Å²) in [5, 5.41) is 1.02. The molecule has 22 heavy (non-hydrogen) atoms. The van der Waals surface area contributed by atoms with Crippen molar-refractivity contribution in [3.63, 3.8) is 0 Å². The Bertz CT molecular complexity index is 295. The van der Waals surface area contributed by atoms with Gasteiger partial charge in [0.2, 0.25) is 0 Å². The summed E-state index contributed by atoms with van der Waals surface area (Å²) in [6.45, 7) is 29.4. The van der Waals surface area contributed by atoms with Gasteiger partial charge in [-0.05, 0) is 59.6 Å². The smallest absolute Gasteiger partial charge is 0.0148 e. The van der Waals surface area contributed by atoms with Crippen molar-refractivity contribution in [3.8, 4) is 0 Å². The van der Waals surface area contributed by atoms with Gasteiger partial charge in [0.25, 0.3) is 0 Å². The fraction of sp³-hybridized carbons (Fsp3) is 1.00. The molecule has 0 aliphatic heterocycles. The van der Waals surface area contributed by atoms with Crippen molar-refractivity contribution in [2.75, 3.05) is 25.7 Å². The second-order valence-electron chi connectivity index (χ2n) is 10.9. The lowest BCUT2D eigenvalue weighted by Crippen LogP contribution is -2.28. The fourth-order valence-corrected chi connectivity index (χ4v) is 8.87. The molecule has 0 nitrogen and oxygen atoms in total. The van der Waals surface area contributed by atoms with Crippen LogP contribution in [0, 0.1) is 10.8 Å². The lowest BCUT2D eigenvalue weighted by Gasteiger charge is -2.41. The van der Waals surface area contributed by atoms with Crippen LogP contribution in [-0.2, 0) is 0 Å². The van der Waals surface area contributed by atoms with Crippen LogP contribution in [0.15, 0.2) is 0 Å². The summed E-state index contributed by atoms with van der Waals surface area (Å²) in [5.41, 5.74) is 0.894. The van der Waals surface area contributed by atoms with Gasteiger partial charge in [-0.3, -0.25) is 0 Å². The highest BCUT2D eigenvalue weighted by Crippen LogP contribution is 2.57. The molecule has 0 saturated carbocycles. The highest BCUT2D eigenvalue weighted by atomic mass is 31.1. The van der Waals surface area contributed by atoms with Gasteiger partial charge in [0.15, 0.2) is 0 Å². The third kappa shape index (κ3) is 9.23. The minimum atomic E-state index is 0.115. The van der Waals surface area contributed by atoms with Crippen molar-refractivity contribution >= 4 is 15.8 Å². The zero-order chi connectivity index (χ0) is 18.0. The molecular formula is C20H44P2. The van der Waals surface area contributed by atoms with Gasteiger partial charge < -0.3 is 0 Å². The van der Waals surface area contributed by atoms with Crippen molar-refractivity contribution in [2.45, 2.75) is 92.4 Å². The fourth-order valence-electron chi connectivity index (χ4n) is 3.77. The topological polar surface area (TPSA) is 0 Å². The normalized spacial score (nSPS) is 17.5. The van der Waals surface area contributed by atoms with Crippen LogP contribution in [0.25, 0.3) is 0 Å². The number of hydrogen-bond donors (Lipinski definition) is 0. The van der Waals surface area contributed by atoms with E-state index in [1.165, 1.54) is 25.2 Å². The van der Waals surface area contributed by atoms with Crippen LogP contribution in [0.1, 0.15) is 82.1 Å². The van der Waals surface area contributed by atoms with Crippen LogP contribution in [0.2, 0.25) is 0 Å². The molecule has 0 N–H and O–H groups in total. The molecule has 0 aliphatic carbocycles. The number of hydrogen-bond acceptors (Lipinski definition) is 0. The summed E-state index contributed by atoms with van der Waals surface area (Å²) in [6.07, 6.45) is 5.59. The third-order valence-electron chi connectivity index (χ3n) is 4.76. The summed E-state index contributed by atoms with van der Waals surface area (Å²) in [6, 6.07) is 0. The van der Waals surface area contributed by atoms with Gasteiger partial charge in [0.1, 0.15) is 0 Å².